The zero-order chi connectivity index (χ0) is 21.9. The summed E-state index contributed by atoms with van der Waals surface area (Å²) in [6.45, 7) is -0.00194. The van der Waals surface area contributed by atoms with Crippen molar-refractivity contribution in [2.75, 3.05) is 25.1 Å². The number of nitro groups is 1. The van der Waals surface area contributed by atoms with Crippen LogP contribution in [0.4, 0.5) is 24.5 Å². The summed E-state index contributed by atoms with van der Waals surface area (Å²) < 4.78 is 43.1. The third kappa shape index (κ3) is 4.77. The van der Waals surface area contributed by atoms with Crippen LogP contribution in [0.25, 0.3) is 10.8 Å². The van der Waals surface area contributed by atoms with E-state index in [-0.39, 0.29) is 24.6 Å². The fourth-order valence-corrected chi connectivity index (χ4v) is 3.05. The van der Waals surface area contributed by atoms with Crippen molar-refractivity contribution in [2.45, 2.75) is 12.3 Å². The highest BCUT2D eigenvalue weighted by molar-refractivity contribution is 5.99. The molecule has 0 fully saturated rings. The van der Waals surface area contributed by atoms with Crippen molar-refractivity contribution in [2.24, 2.45) is 0 Å². The Hall–Kier alpha value is -3.40. The smallest absolute Gasteiger partial charge is 0.416 e. The Morgan fingerprint density at radius 3 is 2.50 bits per heavy atom. The summed E-state index contributed by atoms with van der Waals surface area (Å²) in [4.78, 5) is 16.4. The van der Waals surface area contributed by atoms with E-state index in [1.54, 1.807) is 24.1 Å². The summed E-state index contributed by atoms with van der Waals surface area (Å²) in [7, 11) is 1.71. The zero-order valence-electron chi connectivity index (χ0n) is 15.8. The number of aromatic nitrogens is 1. The molecule has 10 heteroatoms. The van der Waals surface area contributed by atoms with Crippen LogP contribution < -0.4 is 9.64 Å². The van der Waals surface area contributed by atoms with Gasteiger partial charge in [0, 0.05) is 43.1 Å². The van der Waals surface area contributed by atoms with Crippen molar-refractivity contribution in [3.63, 3.8) is 0 Å². The lowest BCUT2D eigenvalue weighted by molar-refractivity contribution is -0.383. The number of pyridine rings is 1. The van der Waals surface area contributed by atoms with Gasteiger partial charge in [-0.2, -0.15) is 13.2 Å². The molecule has 0 saturated carbocycles. The molecule has 0 radical (unpaired) electrons. The largest absolute Gasteiger partial charge is 0.491 e. The number of aliphatic hydroxyl groups is 1. The van der Waals surface area contributed by atoms with Crippen molar-refractivity contribution in [1.82, 2.24) is 4.98 Å². The van der Waals surface area contributed by atoms with Crippen LogP contribution in [0.3, 0.4) is 0 Å². The molecule has 0 aliphatic carbocycles. The quantitative estimate of drug-likeness (QED) is 0.458. The van der Waals surface area contributed by atoms with Crippen LogP contribution in [0.5, 0.6) is 5.75 Å². The van der Waals surface area contributed by atoms with Crippen molar-refractivity contribution >= 4 is 22.1 Å². The maximum atomic E-state index is 12.6. The minimum absolute atomic E-state index is 0.0681. The molecule has 0 saturated heterocycles. The number of nitrogens with zero attached hydrogens (tertiary/aromatic N) is 3. The average molecular weight is 421 g/mol. The Morgan fingerprint density at radius 1 is 1.17 bits per heavy atom. The van der Waals surface area contributed by atoms with Gasteiger partial charge in [-0.1, -0.05) is 0 Å². The van der Waals surface area contributed by atoms with Crippen LogP contribution in [0.2, 0.25) is 0 Å². The number of halogens is 3. The first-order valence-electron chi connectivity index (χ1n) is 8.87. The second kappa shape index (κ2) is 8.54. The van der Waals surface area contributed by atoms with Crippen LogP contribution in [0.15, 0.2) is 54.9 Å². The van der Waals surface area contributed by atoms with Crippen LogP contribution >= 0.6 is 0 Å². The molecule has 1 N–H and O–H groups in total. The standard InChI is InChI=1S/C20H18F3N3O4/c1-25(18-6-7-19(26(28)29)17-10-24-9-8-16(17)18)11-14(27)12-30-15-4-2-13(3-5-15)20(21,22)23/h2-10,14,27H,11-12H2,1H3. The highest BCUT2D eigenvalue weighted by Crippen LogP contribution is 2.33. The number of ether oxygens (including phenoxy) is 1. The van der Waals surface area contributed by atoms with Crippen LogP contribution in [-0.4, -0.2) is 41.3 Å². The minimum Gasteiger partial charge on any atom is -0.491 e. The summed E-state index contributed by atoms with van der Waals surface area (Å²) in [6, 6.07) is 8.81. The van der Waals surface area contributed by atoms with E-state index >= 15 is 0 Å². The number of likely N-dealkylation sites (N-methyl/N-ethyl adjacent to an activating group) is 1. The molecule has 1 unspecified atom stereocenters. The molecular weight excluding hydrogens is 403 g/mol. The van der Waals surface area contributed by atoms with Crippen LogP contribution in [0, 0.1) is 10.1 Å². The SMILES string of the molecule is CN(CC(O)COc1ccc(C(F)(F)F)cc1)c1ccc([N+](=O)[O-])c2cnccc12. The molecule has 30 heavy (non-hydrogen) atoms. The fraction of sp³-hybridized carbons (Fsp3) is 0.250. The van der Waals surface area contributed by atoms with Crippen molar-refractivity contribution < 1.29 is 27.9 Å². The van der Waals surface area contributed by atoms with E-state index in [0.717, 1.165) is 12.1 Å². The van der Waals surface area contributed by atoms with Gasteiger partial charge in [-0.05, 0) is 36.4 Å². The maximum absolute atomic E-state index is 12.6. The third-order valence-corrected chi connectivity index (χ3v) is 4.49. The third-order valence-electron chi connectivity index (χ3n) is 4.49. The summed E-state index contributed by atoms with van der Waals surface area (Å²) in [5.41, 5.74) is -0.192. The van der Waals surface area contributed by atoms with Gasteiger partial charge in [-0.25, -0.2) is 0 Å². The van der Waals surface area contributed by atoms with Crippen molar-refractivity contribution in [3.05, 3.63) is 70.5 Å². The number of anilines is 1. The van der Waals surface area contributed by atoms with Crippen molar-refractivity contribution in [1.29, 1.82) is 0 Å². The fourth-order valence-electron chi connectivity index (χ4n) is 3.05. The van der Waals surface area contributed by atoms with Crippen LogP contribution in [0.1, 0.15) is 5.56 Å². The molecule has 0 bridgehead atoms. The highest BCUT2D eigenvalue weighted by atomic mass is 19.4. The number of aliphatic hydroxyl groups excluding tert-OH is 1. The first kappa shape index (κ1) is 21.3. The van der Waals surface area contributed by atoms with E-state index in [4.69, 9.17) is 4.74 Å². The first-order valence-corrected chi connectivity index (χ1v) is 8.87. The van der Waals surface area contributed by atoms with Gasteiger partial charge in [0.15, 0.2) is 0 Å². The van der Waals surface area contributed by atoms with E-state index in [0.29, 0.717) is 16.5 Å². The number of hydrogen-bond donors (Lipinski definition) is 1. The molecule has 0 aliphatic rings. The normalized spacial score (nSPS) is 12.6. The molecule has 3 rings (SSSR count). The van der Waals surface area contributed by atoms with E-state index in [1.165, 1.54) is 30.6 Å². The molecular formula is C20H18F3N3O4. The van der Waals surface area contributed by atoms with Gasteiger partial charge < -0.3 is 14.7 Å². The van der Waals surface area contributed by atoms with E-state index in [9.17, 15) is 28.4 Å². The number of nitro benzene ring substituents is 1. The number of rotatable bonds is 7. The lowest BCUT2D eigenvalue weighted by atomic mass is 10.1. The van der Waals surface area contributed by atoms with Gasteiger partial charge in [0.25, 0.3) is 5.69 Å². The summed E-state index contributed by atoms with van der Waals surface area (Å²) in [6.07, 6.45) is -2.45. The molecule has 158 valence electrons. The van der Waals surface area contributed by atoms with E-state index < -0.39 is 22.8 Å². The number of benzene rings is 2. The number of alkyl halides is 3. The summed E-state index contributed by atoms with van der Waals surface area (Å²) in [5.74, 6) is 0.205. The van der Waals surface area contributed by atoms with Gasteiger partial charge in [0.2, 0.25) is 0 Å². The Morgan fingerprint density at radius 2 is 1.87 bits per heavy atom. The maximum Gasteiger partial charge on any atom is 0.416 e. The lowest BCUT2D eigenvalue weighted by Crippen LogP contribution is -2.33. The molecule has 2 aromatic carbocycles. The molecule has 0 spiro atoms. The van der Waals surface area contributed by atoms with Gasteiger partial charge in [-0.3, -0.25) is 15.1 Å². The van der Waals surface area contributed by atoms with Crippen molar-refractivity contribution in [3.8, 4) is 5.75 Å². The lowest BCUT2D eigenvalue weighted by Gasteiger charge is -2.24. The van der Waals surface area contributed by atoms with E-state index in [1.807, 2.05) is 0 Å². The predicted octanol–water partition coefficient (Wildman–Crippen LogP) is 4.04. The minimum atomic E-state index is -4.43. The molecule has 1 atom stereocenters. The van der Waals surface area contributed by atoms with Crippen LogP contribution in [-0.2, 0) is 6.18 Å². The molecule has 1 heterocycles. The Bertz CT molecular complexity index is 1040. The van der Waals surface area contributed by atoms with Gasteiger partial charge in [0.05, 0.1) is 15.9 Å². The topological polar surface area (TPSA) is 88.7 Å². The summed E-state index contributed by atoms with van der Waals surface area (Å²) >= 11 is 0. The summed E-state index contributed by atoms with van der Waals surface area (Å²) in [5, 5.41) is 22.5. The predicted molar refractivity (Wildman–Crippen MR) is 105 cm³/mol. The van der Waals surface area contributed by atoms with Gasteiger partial charge in [0.1, 0.15) is 18.5 Å². The monoisotopic (exact) mass is 421 g/mol. The molecule has 1 aromatic heterocycles. The average Bonchev–Trinajstić information content (AvgIpc) is 2.70. The van der Waals surface area contributed by atoms with Gasteiger partial charge >= 0.3 is 6.18 Å². The molecule has 0 aliphatic heterocycles. The number of non-ortho nitro benzene ring substituents is 1. The molecule has 3 aromatic rings. The number of fused-ring (bicyclic) bond motifs is 1. The highest BCUT2D eigenvalue weighted by Gasteiger charge is 2.30. The molecule has 0 amide bonds. The Labute approximate surface area is 169 Å². The first-order chi connectivity index (χ1) is 14.2. The zero-order valence-corrected chi connectivity index (χ0v) is 15.8. The Kier molecular flexibility index (Phi) is 6.06. The Balaban J connectivity index is 1.67. The molecule has 7 nitrogen and oxygen atoms in total. The van der Waals surface area contributed by atoms with E-state index in [2.05, 4.69) is 4.98 Å². The second-order valence-corrected chi connectivity index (χ2v) is 6.65. The number of hydrogen-bond acceptors (Lipinski definition) is 6. The second-order valence-electron chi connectivity index (χ2n) is 6.65. The van der Waals surface area contributed by atoms with Gasteiger partial charge in [-0.15, -0.1) is 0 Å².